The Balaban J connectivity index is 3.82. The average molecular weight is 272 g/mol. The SMILES string of the molecule is C#CCN(CC(=O)O)C(=O)NCCCCCSC. The number of carboxylic acid groups (broad SMARTS) is 1. The predicted molar refractivity (Wildman–Crippen MR) is 73.7 cm³/mol. The summed E-state index contributed by atoms with van der Waals surface area (Å²) in [6, 6.07) is -0.416. The third-order valence-electron chi connectivity index (χ3n) is 2.20. The van der Waals surface area contributed by atoms with E-state index >= 15 is 0 Å². The number of nitrogens with one attached hydrogen (secondary N) is 1. The largest absolute Gasteiger partial charge is 0.480 e. The van der Waals surface area contributed by atoms with E-state index in [1.165, 1.54) is 0 Å². The Bertz CT molecular complexity index is 302. The van der Waals surface area contributed by atoms with Crippen molar-refractivity contribution in [2.45, 2.75) is 19.3 Å². The summed E-state index contributed by atoms with van der Waals surface area (Å²) in [7, 11) is 0. The van der Waals surface area contributed by atoms with Gasteiger partial charge in [0.2, 0.25) is 0 Å². The number of hydrogen-bond acceptors (Lipinski definition) is 3. The van der Waals surface area contributed by atoms with Gasteiger partial charge >= 0.3 is 12.0 Å². The highest BCUT2D eigenvalue weighted by atomic mass is 32.2. The van der Waals surface area contributed by atoms with Crippen molar-refractivity contribution in [2.24, 2.45) is 0 Å². The number of carboxylic acids is 1. The smallest absolute Gasteiger partial charge is 0.323 e. The van der Waals surface area contributed by atoms with E-state index in [2.05, 4.69) is 17.5 Å². The zero-order valence-electron chi connectivity index (χ0n) is 10.6. The molecule has 0 aliphatic carbocycles. The molecule has 0 aliphatic heterocycles. The topological polar surface area (TPSA) is 69.6 Å². The highest BCUT2D eigenvalue weighted by Gasteiger charge is 2.14. The normalized spacial score (nSPS) is 9.56. The molecule has 0 spiro atoms. The highest BCUT2D eigenvalue weighted by molar-refractivity contribution is 7.98. The number of carbonyl (C=O) groups excluding carboxylic acids is 1. The molecule has 0 saturated heterocycles. The standard InChI is InChI=1S/C12H20N2O3S/c1-3-8-14(10-11(15)16)12(17)13-7-5-4-6-9-18-2/h1H,4-10H2,2H3,(H,13,17)(H,15,16). The van der Waals surface area contributed by atoms with E-state index in [9.17, 15) is 9.59 Å². The second-order valence-electron chi connectivity index (χ2n) is 3.74. The lowest BCUT2D eigenvalue weighted by atomic mass is 10.2. The minimum absolute atomic E-state index is 0.00457. The molecule has 0 radical (unpaired) electrons. The Morgan fingerprint density at radius 2 is 2.11 bits per heavy atom. The monoisotopic (exact) mass is 272 g/mol. The highest BCUT2D eigenvalue weighted by Crippen LogP contribution is 2.01. The lowest BCUT2D eigenvalue weighted by molar-refractivity contribution is -0.137. The number of nitrogens with zero attached hydrogens (tertiary/aromatic N) is 1. The summed E-state index contributed by atoms with van der Waals surface area (Å²) in [5.41, 5.74) is 0. The molecular formula is C12H20N2O3S. The van der Waals surface area contributed by atoms with E-state index < -0.39 is 12.0 Å². The van der Waals surface area contributed by atoms with Gasteiger partial charge in [-0.05, 0) is 24.9 Å². The van der Waals surface area contributed by atoms with Gasteiger partial charge in [-0.25, -0.2) is 4.79 Å². The quantitative estimate of drug-likeness (QED) is 0.489. The first-order chi connectivity index (χ1) is 8.61. The van der Waals surface area contributed by atoms with Gasteiger partial charge in [-0.2, -0.15) is 11.8 Å². The van der Waals surface area contributed by atoms with E-state index in [0.29, 0.717) is 6.54 Å². The summed E-state index contributed by atoms with van der Waals surface area (Å²) in [5.74, 6) is 2.32. The number of hydrogen-bond donors (Lipinski definition) is 2. The number of thioether (sulfide) groups is 1. The molecule has 0 rings (SSSR count). The second kappa shape index (κ2) is 10.8. The van der Waals surface area contributed by atoms with Crippen molar-refractivity contribution in [3.05, 3.63) is 0 Å². The summed E-state index contributed by atoms with van der Waals surface area (Å²) in [4.78, 5) is 23.3. The Kier molecular flexibility index (Phi) is 9.97. The average Bonchev–Trinajstić information content (AvgIpc) is 2.32. The molecule has 0 fully saturated rings. The van der Waals surface area contributed by atoms with Gasteiger partial charge < -0.3 is 15.3 Å². The number of terminal acetylenes is 1. The third kappa shape index (κ3) is 8.76. The predicted octanol–water partition coefficient (Wildman–Crippen LogP) is 1.25. The number of carbonyl (C=O) groups is 2. The van der Waals surface area contributed by atoms with Crippen LogP contribution in [0.15, 0.2) is 0 Å². The Labute approximate surface area is 112 Å². The molecule has 0 bridgehead atoms. The van der Waals surface area contributed by atoms with Crippen molar-refractivity contribution >= 4 is 23.8 Å². The first kappa shape index (κ1) is 16.6. The lowest BCUT2D eigenvalue weighted by Gasteiger charge is -2.18. The number of rotatable bonds is 9. The van der Waals surface area contributed by atoms with Gasteiger partial charge in [0.1, 0.15) is 6.54 Å². The molecule has 2 amide bonds. The summed E-state index contributed by atoms with van der Waals surface area (Å²) < 4.78 is 0. The molecular weight excluding hydrogens is 252 g/mol. The van der Waals surface area contributed by atoms with Gasteiger partial charge in [0.15, 0.2) is 0 Å². The van der Waals surface area contributed by atoms with Crippen LogP contribution in [0.3, 0.4) is 0 Å². The van der Waals surface area contributed by atoms with Crippen molar-refractivity contribution in [1.82, 2.24) is 10.2 Å². The Morgan fingerprint density at radius 3 is 2.67 bits per heavy atom. The van der Waals surface area contributed by atoms with Gasteiger partial charge in [0.25, 0.3) is 0 Å². The number of amides is 2. The fourth-order valence-corrected chi connectivity index (χ4v) is 1.82. The fourth-order valence-electron chi connectivity index (χ4n) is 1.33. The van der Waals surface area contributed by atoms with Crippen LogP contribution in [0, 0.1) is 12.3 Å². The van der Waals surface area contributed by atoms with Crippen molar-refractivity contribution in [3.63, 3.8) is 0 Å². The van der Waals surface area contributed by atoms with Gasteiger partial charge in [-0.3, -0.25) is 4.79 Å². The maximum absolute atomic E-state index is 11.6. The van der Waals surface area contributed by atoms with Crippen molar-refractivity contribution in [3.8, 4) is 12.3 Å². The molecule has 0 unspecified atom stereocenters. The first-order valence-electron chi connectivity index (χ1n) is 5.78. The summed E-state index contributed by atoms with van der Waals surface area (Å²) in [6.07, 6.45) is 10.2. The minimum atomic E-state index is -1.07. The van der Waals surface area contributed by atoms with Crippen LogP contribution in [-0.4, -0.2) is 53.6 Å². The van der Waals surface area contributed by atoms with E-state index in [4.69, 9.17) is 11.5 Å². The van der Waals surface area contributed by atoms with Crippen LogP contribution in [0.1, 0.15) is 19.3 Å². The van der Waals surface area contributed by atoms with Gasteiger partial charge in [0.05, 0.1) is 6.54 Å². The van der Waals surface area contributed by atoms with Crippen LogP contribution in [0.4, 0.5) is 4.79 Å². The first-order valence-corrected chi connectivity index (χ1v) is 7.18. The molecule has 0 aromatic carbocycles. The zero-order valence-corrected chi connectivity index (χ0v) is 11.5. The molecule has 102 valence electrons. The zero-order chi connectivity index (χ0) is 13.8. The molecule has 0 saturated carbocycles. The molecule has 0 heterocycles. The fraction of sp³-hybridized carbons (Fsp3) is 0.667. The second-order valence-corrected chi connectivity index (χ2v) is 4.72. The third-order valence-corrected chi connectivity index (χ3v) is 2.89. The molecule has 6 heteroatoms. The van der Waals surface area contributed by atoms with Crippen molar-refractivity contribution in [1.29, 1.82) is 0 Å². The Hall–Kier alpha value is -1.35. The van der Waals surface area contributed by atoms with Gasteiger partial charge in [-0.15, -0.1) is 6.42 Å². The van der Waals surface area contributed by atoms with Crippen LogP contribution in [0.2, 0.25) is 0 Å². The van der Waals surface area contributed by atoms with Gasteiger partial charge in [0, 0.05) is 6.54 Å². The van der Waals surface area contributed by atoms with Crippen molar-refractivity contribution in [2.75, 3.05) is 31.6 Å². The molecule has 0 aromatic heterocycles. The van der Waals surface area contributed by atoms with Crippen LogP contribution in [0.5, 0.6) is 0 Å². The Morgan fingerprint density at radius 1 is 1.39 bits per heavy atom. The summed E-state index contributed by atoms with van der Waals surface area (Å²) in [5, 5.41) is 11.3. The molecule has 0 aromatic rings. The van der Waals surface area contributed by atoms with Crippen LogP contribution in [0.25, 0.3) is 0 Å². The maximum Gasteiger partial charge on any atom is 0.323 e. The van der Waals surface area contributed by atoms with E-state index in [1.54, 1.807) is 11.8 Å². The van der Waals surface area contributed by atoms with E-state index in [-0.39, 0.29) is 13.1 Å². The lowest BCUT2D eigenvalue weighted by Crippen LogP contribution is -2.43. The minimum Gasteiger partial charge on any atom is -0.480 e. The van der Waals surface area contributed by atoms with Gasteiger partial charge in [-0.1, -0.05) is 12.3 Å². The number of unbranched alkanes of at least 4 members (excludes halogenated alkanes) is 2. The number of urea groups is 1. The number of aliphatic carboxylic acids is 1. The molecule has 18 heavy (non-hydrogen) atoms. The summed E-state index contributed by atoms with van der Waals surface area (Å²) in [6.45, 7) is 0.182. The summed E-state index contributed by atoms with van der Waals surface area (Å²) >= 11 is 1.80. The van der Waals surface area contributed by atoms with Crippen LogP contribution < -0.4 is 5.32 Å². The van der Waals surface area contributed by atoms with Crippen LogP contribution >= 0.6 is 11.8 Å². The van der Waals surface area contributed by atoms with Crippen molar-refractivity contribution < 1.29 is 14.7 Å². The molecule has 0 aliphatic rings. The maximum atomic E-state index is 11.6. The molecule has 0 atom stereocenters. The molecule has 2 N–H and O–H groups in total. The van der Waals surface area contributed by atoms with E-state index in [0.717, 1.165) is 29.9 Å². The van der Waals surface area contributed by atoms with E-state index in [1.807, 2.05) is 0 Å². The van der Waals surface area contributed by atoms with Crippen LogP contribution in [-0.2, 0) is 4.79 Å². The molecule has 5 nitrogen and oxygen atoms in total.